The summed E-state index contributed by atoms with van der Waals surface area (Å²) < 4.78 is 0. The molecule has 2 aromatic carbocycles. The van der Waals surface area contributed by atoms with Crippen molar-refractivity contribution in [2.75, 3.05) is 10.6 Å². The van der Waals surface area contributed by atoms with Crippen molar-refractivity contribution in [3.8, 4) is 6.07 Å². The first-order valence-electron chi connectivity index (χ1n) is 7.81. The molecule has 0 spiro atoms. The lowest BCUT2D eigenvalue weighted by atomic mass is 10.1. The van der Waals surface area contributed by atoms with Crippen LogP contribution in [0.3, 0.4) is 0 Å². The van der Waals surface area contributed by atoms with Crippen LogP contribution in [0, 0.1) is 11.3 Å². The topological polar surface area (TPSA) is 99.1 Å². The highest BCUT2D eigenvalue weighted by molar-refractivity contribution is 6.07. The number of nitrogens with one attached hydrogen (secondary N) is 2. The molecule has 0 aromatic heterocycles. The number of hydrogen-bond donors (Lipinski definition) is 2. The summed E-state index contributed by atoms with van der Waals surface area (Å²) in [6.45, 7) is 2.89. The van der Waals surface area contributed by atoms with Crippen molar-refractivity contribution in [3.63, 3.8) is 0 Å². The van der Waals surface area contributed by atoms with E-state index in [1.807, 2.05) is 6.07 Å². The van der Waals surface area contributed by atoms with Crippen molar-refractivity contribution in [1.29, 1.82) is 5.26 Å². The monoisotopic (exact) mass is 347 g/mol. The van der Waals surface area contributed by atoms with Crippen LogP contribution < -0.4 is 10.6 Å². The number of carbonyl (C=O) groups excluding carboxylic acids is 3. The Labute approximate surface area is 151 Å². The van der Waals surface area contributed by atoms with Gasteiger partial charge in [0.15, 0.2) is 11.6 Å². The van der Waals surface area contributed by atoms with Crippen molar-refractivity contribution in [3.05, 3.63) is 71.4 Å². The number of rotatable bonds is 6. The van der Waals surface area contributed by atoms with Crippen molar-refractivity contribution < 1.29 is 14.4 Å². The molecule has 0 bridgehead atoms. The minimum Gasteiger partial charge on any atom is -0.360 e. The van der Waals surface area contributed by atoms with E-state index in [-0.39, 0.29) is 17.1 Å². The number of benzene rings is 2. The molecule has 0 saturated carbocycles. The van der Waals surface area contributed by atoms with E-state index in [2.05, 4.69) is 10.6 Å². The maximum absolute atomic E-state index is 12.2. The zero-order valence-electron chi connectivity index (χ0n) is 14.4. The van der Waals surface area contributed by atoms with E-state index in [9.17, 15) is 19.6 Å². The Hall–Kier alpha value is -3.72. The second-order valence-corrected chi connectivity index (χ2v) is 5.54. The predicted octanol–water partition coefficient (Wildman–Crippen LogP) is 3.55. The average Bonchev–Trinajstić information content (AvgIpc) is 2.62. The maximum Gasteiger partial charge on any atom is 0.267 e. The number of amides is 1. The lowest BCUT2D eigenvalue weighted by molar-refractivity contribution is -0.112. The molecule has 0 aliphatic rings. The van der Waals surface area contributed by atoms with Gasteiger partial charge in [-0.3, -0.25) is 14.4 Å². The molecule has 2 N–H and O–H groups in total. The summed E-state index contributed by atoms with van der Waals surface area (Å²) in [6, 6.07) is 15.0. The van der Waals surface area contributed by atoms with Gasteiger partial charge in [0.05, 0.1) is 0 Å². The number of carbonyl (C=O) groups is 3. The van der Waals surface area contributed by atoms with Crippen LogP contribution in [0.5, 0.6) is 0 Å². The standard InChI is InChI=1S/C20H17N3O3/c1-13(24)15-5-3-7-18(9-15)22-12-17(11-21)20(26)23-19-8-4-6-16(10-19)14(2)25/h3-10,12,22H,1-2H3,(H,23,26)/b17-12-. The Kier molecular flexibility index (Phi) is 6.01. The van der Waals surface area contributed by atoms with Gasteiger partial charge < -0.3 is 10.6 Å². The van der Waals surface area contributed by atoms with Crippen LogP contribution >= 0.6 is 0 Å². The first kappa shape index (κ1) is 18.6. The maximum atomic E-state index is 12.2. The first-order valence-corrected chi connectivity index (χ1v) is 7.81. The Balaban J connectivity index is 2.13. The van der Waals surface area contributed by atoms with E-state index in [0.717, 1.165) is 0 Å². The third-order valence-corrected chi connectivity index (χ3v) is 3.54. The number of hydrogen-bond acceptors (Lipinski definition) is 5. The highest BCUT2D eigenvalue weighted by atomic mass is 16.2. The van der Waals surface area contributed by atoms with E-state index in [1.54, 1.807) is 48.5 Å². The zero-order valence-corrected chi connectivity index (χ0v) is 14.4. The van der Waals surface area contributed by atoms with E-state index in [0.29, 0.717) is 22.5 Å². The minimum absolute atomic E-state index is 0.0822. The summed E-state index contributed by atoms with van der Waals surface area (Å²) in [7, 11) is 0. The summed E-state index contributed by atoms with van der Waals surface area (Å²) in [5, 5.41) is 14.6. The Morgan fingerprint density at radius 3 is 2.00 bits per heavy atom. The number of anilines is 2. The van der Waals surface area contributed by atoms with Gasteiger partial charge in [-0.2, -0.15) is 5.26 Å². The predicted molar refractivity (Wildman–Crippen MR) is 98.8 cm³/mol. The molecular weight excluding hydrogens is 330 g/mol. The van der Waals surface area contributed by atoms with Crippen LogP contribution in [0.15, 0.2) is 60.3 Å². The molecule has 2 rings (SSSR count). The third-order valence-electron chi connectivity index (χ3n) is 3.54. The molecule has 0 fully saturated rings. The molecule has 2 aromatic rings. The highest BCUT2D eigenvalue weighted by Crippen LogP contribution is 2.14. The van der Waals surface area contributed by atoms with Gasteiger partial charge in [-0.05, 0) is 38.1 Å². The minimum atomic E-state index is -0.608. The van der Waals surface area contributed by atoms with Gasteiger partial charge in [-0.15, -0.1) is 0 Å². The van der Waals surface area contributed by atoms with E-state index < -0.39 is 5.91 Å². The van der Waals surface area contributed by atoms with E-state index >= 15 is 0 Å². The van der Waals surface area contributed by atoms with Crippen molar-refractivity contribution in [2.45, 2.75) is 13.8 Å². The highest BCUT2D eigenvalue weighted by Gasteiger charge is 2.10. The molecule has 6 heteroatoms. The summed E-state index contributed by atoms with van der Waals surface area (Å²) in [6.07, 6.45) is 1.27. The molecule has 0 atom stereocenters. The second-order valence-electron chi connectivity index (χ2n) is 5.54. The lowest BCUT2D eigenvalue weighted by Crippen LogP contribution is -2.15. The van der Waals surface area contributed by atoms with Gasteiger partial charge in [0.2, 0.25) is 0 Å². The van der Waals surface area contributed by atoms with Crippen molar-refractivity contribution in [1.82, 2.24) is 0 Å². The van der Waals surface area contributed by atoms with Crippen LogP contribution in [0.1, 0.15) is 34.6 Å². The Morgan fingerprint density at radius 1 is 0.923 bits per heavy atom. The fourth-order valence-electron chi connectivity index (χ4n) is 2.15. The quantitative estimate of drug-likeness (QED) is 0.473. The van der Waals surface area contributed by atoms with Crippen LogP contribution in [0.25, 0.3) is 0 Å². The molecular formula is C20H17N3O3. The molecule has 0 aliphatic heterocycles. The fourth-order valence-corrected chi connectivity index (χ4v) is 2.15. The molecule has 1 amide bonds. The number of nitriles is 1. The molecule has 130 valence electrons. The Morgan fingerprint density at radius 2 is 1.46 bits per heavy atom. The van der Waals surface area contributed by atoms with E-state index in [1.165, 1.54) is 20.0 Å². The van der Waals surface area contributed by atoms with E-state index in [4.69, 9.17) is 0 Å². The van der Waals surface area contributed by atoms with Crippen LogP contribution in [-0.2, 0) is 4.79 Å². The van der Waals surface area contributed by atoms with Gasteiger partial charge in [-0.1, -0.05) is 24.3 Å². The summed E-state index contributed by atoms with van der Waals surface area (Å²) >= 11 is 0. The average molecular weight is 347 g/mol. The lowest BCUT2D eigenvalue weighted by Gasteiger charge is -2.07. The SMILES string of the molecule is CC(=O)c1cccc(N/C=C(/C#N)C(=O)Nc2cccc(C(C)=O)c2)c1. The summed E-state index contributed by atoms with van der Waals surface area (Å²) in [4.78, 5) is 35.0. The molecule has 0 aliphatic carbocycles. The van der Waals surface area contributed by atoms with Crippen LogP contribution in [-0.4, -0.2) is 17.5 Å². The Bertz CT molecular complexity index is 939. The third kappa shape index (κ3) is 4.89. The number of ketones is 2. The van der Waals surface area contributed by atoms with Crippen molar-refractivity contribution in [2.24, 2.45) is 0 Å². The second kappa shape index (κ2) is 8.40. The van der Waals surface area contributed by atoms with Gasteiger partial charge in [0, 0.05) is 28.7 Å². The van der Waals surface area contributed by atoms with Gasteiger partial charge in [0.1, 0.15) is 11.6 Å². The number of Topliss-reactive ketones (excluding diaryl/α,β-unsaturated/α-hetero) is 2. The molecule has 26 heavy (non-hydrogen) atoms. The molecule has 0 radical (unpaired) electrons. The summed E-state index contributed by atoms with van der Waals surface area (Å²) in [5.41, 5.74) is 1.84. The van der Waals surface area contributed by atoms with Gasteiger partial charge in [0.25, 0.3) is 5.91 Å². The zero-order chi connectivity index (χ0) is 19.1. The first-order chi connectivity index (χ1) is 12.4. The van der Waals surface area contributed by atoms with Gasteiger partial charge in [-0.25, -0.2) is 0 Å². The van der Waals surface area contributed by atoms with Crippen molar-refractivity contribution >= 4 is 28.8 Å². The molecule has 0 saturated heterocycles. The fraction of sp³-hybridized carbons (Fsp3) is 0.100. The smallest absolute Gasteiger partial charge is 0.267 e. The van der Waals surface area contributed by atoms with Crippen LogP contribution in [0.4, 0.5) is 11.4 Å². The molecule has 6 nitrogen and oxygen atoms in total. The molecule has 0 unspecified atom stereocenters. The normalized spacial score (nSPS) is 10.6. The van der Waals surface area contributed by atoms with Crippen LogP contribution in [0.2, 0.25) is 0 Å². The van der Waals surface area contributed by atoms with Gasteiger partial charge >= 0.3 is 0 Å². The number of nitrogens with zero attached hydrogens (tertiary/aromatic N) is 1. The summed E-state index contributed by atoms with van der Waals surface area (Å²) in [5.74, 6) is -0.811. The largest absolute Gasteiger partial charge is 0.360 e. The molecule has 0 heterocycles.